The van der Waals surface area contributed by atoms with Crippen LogP contribution in [0.4, 0.5) is 0 Å². The molecule has 0 aromatic heterocycles. The maximum atomic E-state index is 11.2. The van der Waals surface area contributed by atoms with Gasteiger partial charge in [0.15, 0.2) is 0 Å². The first-order valence-corrected chi connectivity index (χ1v) is 15.2. The molecule has 39 heavy (non-hydrogen) atoms. The van der Waals surface area contributed by atoms with Crippen LogP contribution >= 0.6 is 0 Å². The van der Waals surface area contributed by atoms with Crippen molar-refractivity contribution in [2.24, 2.45) is 0 Å². The fourth-order valence-electron chi connectivity index (χ4n) is 4.06. The molecule has 0 fully saturated rings. The molecule has 1 aliphatic rings. The zero-order valence-corrected chi connectivity index (χ0v) is 26.5. The van der Waals surface area contributed by atoms with Crippen LogP contribution in [0.2, 0.25) is 0 Å². The molecular weight excluding hydrogens is 519 g/mol. The van der Waals surface area contributed by atoms with Crippen LogP contribution in [0.3, 0.4) is 0 Å². The van der Waals surface area contributed by atoms with E-state index in [1.807, 2.05) is 0 Å². The summed E-state index contributed by atoms with van der Waals surface area (Å²) in [7, 11) is 0. The van der Waals surface area contributed by atoms with Gasteiger partial charge in [-0.25, -0.2) is 4.70 Å². The van der Waals surface area contributed by atoms with E-state index >= 15 is 0 Å². The number of hydrogen-bond donors (Lipinski definition) is 0. The molecular formula is C36H54N2Ni. The van der Waals surface area contributed by atoms with E-state index in [2.05, 4.69) is 103 Å². The van der Waals surface area contributed by atoms with Crippen molar-refractivity contribution in [3.8, 4) is 0 Å². The second-order valence-corrected chi connectivity index (χ2v) is 10.1. The smallest absolute Gasteiger partial charge is 0.493 e. The van der Waals surface area contributed by atoms with Crippen molar-refractivity contribution in [1.82, 2.24) is 0 Å². The number of allylic oxidation sites excluding steroid dienone is 2. The third kappa shape index (κ3) is 13.3. The van der Waals surface area contributed by atoms with Crippen LogP contribution in [0.25, 0.3) is 16.9 Å². The van der Waals surface area contributed by atoms with Crippen LogP contribution in [0.1, 0.15) is 128 Å². The van der Waals surface area contributed by atoms with Gasteiger partial charge in [-0.05, 0) is 73.9 Å². The standard InChI is InChI=1S/C28H36N2.2C4H9.Ni/c1-4-7-10-22-13-17-24(18-14-22)27-21-26(12-9-6-3)28(30(27)29)25-19-15-23(16-20-25)11-8-5-2;2*1-3-4-2;/h13-21H,4-12H2,1-3H3;2*1,3-4H2,2H3;/q;2*-1;+2. The number of nitrogens with zero attached hydrogens (tertiary/aromatic N) is 2. The Labute approximate surface area is 251 Å². The van der Waals surface area contributed by atoms with Crippen molar-refractivity contribution in [3.63, 3.8) is 0 Å². The van der Waals surface area contributed by atoms with E-state index in [1.165, 1.54) is 59.9 Å². The zero-order valence-electron chi connectivity index (χ0n) is 25.5. The van der Waals surface area contributed by atoms with Gasteiger partial charge in [-0.2, -0.15) is 12.8 Å². The predicted octanol–water partition coefficient (Wildman–Crippen LogP) is 11.6. The normalized spacial score (nSPS) is 12.2. The summed E-state index contributed by atoms with van der Waals surface area (Å²) < 4.78 is 1.41. The molecule has 0 bridgehead atoms. The Morgan fingerprint density at radius 2 is 0.974 bits per heavy atom. The number of aryl methyl sites for hydroxylation is 2. The average Bonchev–Trinajstić information content (AvgIpc) is 3.30. The Kier molecular flexibility index (Phi) is 21.6. The molecule has 218 valence electrons. The second-order valence-electron chi connectivity index (χ2n) is 10.1. The van der Waals surface area contributed by atoms with Gasteiger partial charge in [0.25, 0.3) is 0 Å². The van der Waals surface area contributed by atoms with Gasteiger partial charge in [0, 0.05) is 22.8 Å². The molecule has 1 heterocycles. The van der Waals surface area contributed by atoms with Crippen LogP contribution in [0, 0.1) is 13.8 Å². The number of hydrogen-bond acceptors (Lipinski definition) is 0. The topological polar surface area (TPSA) is 25.3 Å². The van der Waals surface area contributed by atoms with Crippen molar-refractivity contribution in [3.05, 3.63) is 102 Å². The Balaban J connectivity index is 0.00000142. The van der Waals surface area contributed by atoms with E-state index < -0.39 is 0 Å². The van der Waals surface area contributed by atoms with E-state index in [-0.39, 0.29) is 16.5 Å². The molecule has 0 N–H and O–H groups in total. The van der Waals surface area contributed by atoms with Crippen molar-refractivity contribution in [1.29, 1.82) is 0 Å². The molecule has 0 atom stereocenters. The van der Waals surface area contributed by atoms with Crippen LogP contribution < -0.4 is 0 Å². The fraction of sp³-hybridized carbons (Fsp3) is 0.500. The van der Waals surface area contributed by atoms with Gasteiger partial charge in [0.2, 0.25) is 11.4 Å². The van der Waals surface area contributed by atoms with Crippen LogP contribution in [-0.4, -0.2) is 4.70 Å². The first-order chi connectivity index (χ1) is 18.5. The van der Waals surface area contributed by atoms with Crippen molar-refractivity contribution >= 4 is 11.4 Å². The molecule has 0 saturated carbocycles. The number of benzene rings is 2. The third-order valence-electron chi connectivity index (χ3n) is 6.68. The van der Waals surface area contributed by atoms with Crippen molar-refractivity contribution < 1.29 is 21.2 Å². The molecule has 2 aromatic carbocycles. The van der Waals surface area contributed by atoms with Crippen LogP contribution in [-0.2, 0) is 29.3 Å². The summed E-state index contributed by atoms with van der Waals surface area (Å²) in [6.07, 6.45) is 17.1. The SMILES string of the molecule is CCCCC1=C(c2ccc(CCCC)cc2)[N+](=[N-])C(c2ccc(CCCC)cc2)=C1.[CH2-]CCC.[CH2-]CCC.[Ni+2]. The summed E-state index contributed by atoms with van der Waals surface area (Å²) >= 11 is 0. The summed E-state index contributed by atoms with van der Waals surface area (Å²) in [4.78, 5) is 0. The monoisotopic (exact) mass is 572 g/mol. The Morgan fingerprint density at radius 1 is 0.590 bits per heavy atom. The largest absolute Gasteiger partial charge is 2.00 e. The van der Waals surface area contributed by atoms with E-state index in [4.69, 9.17) is 0 Å². The van der Waals surface area contributed by atoms with Crippen LogP contribution in [0.5, 0.6) is 0 Å². The molecule has 2 aromatic rings. The molecule has 0 spiro atoms. The fourth-order valence-corrected chi connectivity index (χ4v) is 4.06. The van der Waals surface area contributed by atoms with E-state index in [9.17, 15) is 5.53 Å². The molecule has 0 unspecified atom stereocenters. The maximum Gasteiger partial charge on any atom is 2.00 e. The summed E-state index contributed by atoms with van der Waals surface area (Å²) in [5.41, 5.74) is 19.1. The van der Waals surface area contributed by atoms with Gasteiger partial charge in [-0.1, -0.05) is 91.0 Å². The molecule has 1 aliphatic heterocycles. The van der Waals surface area contributed by atoms with Gasteiger partial charge < -0.3 is 19.4 Å². The summed E-state index contributed by atoms with van der Waals surface area (Å²) in [5, 5.41) is 0. The molecule has 3 rings (SSSR count). The molecule has 0 saturated heterocycles. The van der Waals surface area contributed by atoms with Gasteiger partial charge >= 0.3 is 16.5 Å². The molecule has 0 aliphatic carbocycles. The summed E-state index contributed by atoms with van der Waals surface area (Å²) in [5.74, 6) is 0. The summed E-state index contributed by atoms with van der Waals surface area (Å²) in [6, 6.07) is 17.5. The Morgan fingerprint density at radius 3 is 1.36 bits per heavy atom. The minimum atomic E-state index is 0. The molecule has 2 nitrogen and oxygen atoms in total. The second kappa shape index (κ2) is 22.8. The maximum absolute atomic E-state index is 11.2. The first kappa shape index (κ1) is 37.0. The predicted molar refractivity (Wildman–Crippen MR) is 169 cm³/mol. The average molecular weight is 574 g/mol. The molecule has 0 radical (unpaired) electrons. The van der Waals surface area contributed by atoms with Gasteiger partial charge in [-0.15, -0.1) is 0 Å². The number of unbranched alkanes of at least 4 members (excludes halogenated alkanes) is 5. The van der Waals surface area contributed by atoms with Crippen LogP contribution in [0.15, 0.2) is 60.2 Å². The van der Waals surface area contributed by atoms with Gasteiger partial charge in [0.05, 0.1) is 0 Å². The Bertz CT molecular complexity index is 960. The van der Waals surface area contributed by atoms with E-state index in [1.54, 1.807) is 0 Å². The zero-order chi connectivity index (χ0) is 28.2. The molecule has 0 amide bonds. The van der Waals surface area contributed by atoms with Crippen molar-refractivity contribution in [2.45, 2.75) is 118 Å². The molecule has 3 heteroatoms. The minimum Gasteiger partial charge on any atom is -0.493 e. The summed E-state index contributed by atoms with van der Waals surface area (Å²) in [6.45, 7) is 18.1. The van der Waals surface area contributed by atoms with Gasteiger partial charge in [0.1, 0.15) is 0 Å². The number of rotatable bonds is 13. The quantitative estimate of drug-likeness (QED) is 0.129. The van der Waals surface area contributed by atoms with E-state index in [0.717, 1.165) is 67.5 Å². The van der Waals surface area contributed by atoms with Crippen molar-refractivity contribution in [2.75, 3.05) is 0 Å². The van der Waals surface area contributed by atoms with E-state index in [0.29, 0.717) is 0 Å². The Hall–Kier alpha value is -1.99. The third-order valence-corrected chi connectivity index (χ3v) is 6.68. The first-order valence-electron chi connectivity index (χ1n) is 15.2. The van der Waals surface area contributed by atoms with Gasteiger partial charge in [-0.3, -0.25) is 0 Å². The minimum absolute atomic E-state index is 0.